The Labute approximate surface area is 201 Å². The van der Waals surface area contributed by atoms with E-state index in [1.807, 2.05) is 0 Å². The minimum atomic E-state index is 0.229. The lowest BCUT2D eigenvalue weighted by atomic mass is 9.88. The van der Waals surface area contributed by atoms with Gasteiger partial charge in [0.1, 0.15) is 0 Å². The Morgan fingerprint density at radius 1 is 0.677 bits per heavy atom. The van der Waals surface area contributed by atoms with E-state index in [1.54, 1.807) is 25.8 Å². The molecule has 0 fully saturated rings. The largest absolute Gasteiger partial charge is 0.139 e. The van der Waals surface area contributed by atoms with Gasteiger partial charge in [0.05, 0.1) is 0 Å². The Morgan fingerprint density at radius 3 is 1.77 bits per heavy atom. The molecule has 0 aliphatic heterocycles. The molecule has 0 bridgehead atoms. The van der Waals surface area contributed by atoms with Gasteiger partial charge in [-0.25, -0.2) is 0 Å². The van der Waals surface area contributed by atoms with Crippen LogP contribution in [0.4, 0.5) is 0 Å². The molecule has 0 radical (unpaired) electrons. The van der Waals surface area contributed by atoms with Crippen molar-refractivity contribution >= 4 is 22.7 Å². The second kappa shape index (κ2) is 12.0. The number of thiophene rings is 2. The minimum absolute atomic E-state index is 0.229. The van der Waals surface area contributed by atoms with E-state index in [4.69, 9.17) is 0 Å². The second-order valence-electron chi connectivity index (χ2n) is 11.0. The van der Waals surface area contributed by atoms with E-state index in [0.717, 1.165) is 0 Å². The smallest absolute Gasteiger partial charge is 0.0477 e. The Bertz CT molecular complexity index is 782. The van der Waals surface area contributed by atoms with Gasteiger partial charge < -0.3 is 0 Å². The minimum Gasteiger partial charge on any atom is -0.139 e. The molecule has 0 aliphatic rings. The van der Waals surface area contributed by atoms with Crippen LogP contribution in [0.5, 0.6) is 0 Å². The maximum absolute atomic E-state index is 2.57. The normalized spacial score (nSPS) is 12.6. The molecule has 0 saturated carbocycles. The van der Waals surface area contributed by atoms with Gasteiger partial charge in [-0.05, 0) is 66.2 Å². The zero-order valence-electron chi connectivity index (χ0n) is 21.7. The van der Waals surface area contributed by atoms with Gasteiger partial charge in [-0.2, -0.15) is 0 Å². The highest BCUT2D eigenvalue weighted by Crippen LogP contribution is 2.46. The van der Waals surface area contributed by atoms with Gasteiger partial charge in [0.25, 0.3) is 0 Å². The lowest BCUT2D eigenvalue weighted by molar-refractivity contribution is 0.516. The van der Waals surface area contributed by atoms with Gasteiger partial charge >= 0.3 is 0 Å². The molecule has 2 heteroatoms. The fourth-order valence-electron chi connectivity index (χ4n) is 4.18. The summed E-state index contributed by atoms with van der Waals surface area (Å²) in [5.41, 5.74) is 3.73. The van der Waals surface area contributed by atoms with E-state index >= 15 is 0 Å². The SMILES string of the molecule is CCCCCCc1cc(C(C)(C)CC)sc1-c1cc(CCCCCC)c(C(C)(C)C)s1. The van der Waals surface area contributed by atoms with Crippen LogP contribution in [0, 0.1) is 0 Å². The first-order valence-electron chi connectivity index (χ1n) is 12.9. The topological polar surface area (TPSA) is 0 Å². The summed E-state index contributed by atoms with van der Waals surface area (Å²) in [6.07, 6.45) is 14.4. The molecular formula is C29H48S2. The van der Waals surface area contributed by atoms with E-state index in [9.17, 15) is 0 Å². The summed E-state index contributed by atoms with van der Waals surface area (Å²) in [6.45, 7) is 18.9. The van der Waals surface area contributed by atoms with Crippen LogP contribution in [0.3, 0.4) is 0 Å². The third-order valence-electron chi connectivity index (χ3n) is 6.67. The van der Waals surface area contributed by atoms with Crippen LogP contribution in [0.25, 0.3) is 9.75 Å². The van der Waals surface area contributed by atoms with Crippen LogP contribution in [-0.4, -0.2) is 0 Å². The van der Waals surface area contributed by atoms with E-state index in [2.05, 4.69) is 90.2 Å². The quantitative estimate of drug-likeness (QED) is 0.261. The fraction of sp³-hybridized carbons (Fsp3) is 0.724. The lowest BCUT2D eigenvalue weighted by Crippen LogP contribution is -2.13. The molecule has 0 unspecified atom stereocenters. The average Bonchev–Trinajstić information content (AvgIpc) is 3.33. The van der Waals surface area contributed by atoms with Gasteiger partial charge in [0, 0.05) is 19.5 Å². The van der Waals surface area contributed by atoms with Crippen LogP contribution < -0.4 is 0 Å². The van der Waals surface area contributed by atoms with Crippen molar-refractivity contribution in [2.24, 2.45) is 0 Å². The first kappa shape index (κ1) is 26.7. The number of aryl methyl sites for hydroxylation is 2. The average molecular weight is 461 g/mol. The number of hydrogen-bond acceptors (Lipinski definition) is 2. The van der Waals surface area contributed by atoms with E-state index in [0.29, 0.717) is 0 Å². The molecule has 176 valence electrons. The highest BCUT2D eigenvalue weighted by molar-refractivity contribution is 7.22. The Balaban J connectivity index is 2.40. The van der Waals surface area contributed by atoms with Crippen LogP contribution >= 0.6 is 22.7 Å². The van der Waals surface area contributed by atoms with Crippen LogP contribution in [0.2, 0.25) is 0 Å². The van der Waals surface area contributed by atoms with Gasteiger partial charge in [-0.3, -0.25) is 0 Å². The second-order valence-corrected chi connectivity index (χ2v) is 13.1. The van der Waals surface area contributed by atoms with Gasteiger partial charge in [0.2, 0.25) is 0 Å². The van der Waals surface area contributed by atoms with Crippen LogP contribution in [-0.2, 0) is 23.7 Å². The number of unbranched alkanes of at least 4 members (excludes halogenated alkanes) is 6. The van der Waals surface area contributed by atoms with Crippen molar-refractivity contribution in [3.05, 3.63) is 33.0 Å². The van der Waals surface area contributed by atoms with E-state index in [-0.39, 0.29) is 10.8 Å². The molecule has 0 aromatic carbocycles. The first-order chi connectivity index (χ1) is 14.6. The molecule has 2 rings (SSSR count). The molecule has 0 saturated heterocycles. The van der Waals surface area contributed by atoms with Gasteiger partial charge in [0.15, 0.2) is 0 Å². The predicted octanol–water partition coefficient (Wildman–Crippen LogP) is 10.7. The van der Waals surface area contributed by atoms with Crippen molar-refractivity contribution in [2.75, 3.05) is 0 Å². The Morgan fingerprint density at radius 2 is 1.26 bits per heavy atom. The monoisotopic (exact) mass is 460 g/mol. The summed E-state index contributed by atoms with van der Waals surface area (Å²) in [5, 5.41) is 0. The third-order valence-corrected chi connectivity index (χ3v) is 10.00. The zero-order valence-corrected chi connectivity index (χ0v) is 23.4. The van der Waals surface area contributed by atoms with E-state index in [1.165, 1.54) is 75.5 Å². The molecule has 0 atom stereocenters. The van der Waals surface area contributed by atoms with Gasteiger partial charge in [-0.1, -0.05) is 93.9 Å². The van der Waals surface area contributed by atoms with Crippen LogP contribution in [0.1, 0.15) is 134 Å². The summed E-state index contributed by atoms with van der Waals surface area (Å²) in [5.74, 6) is 0. The van der Waals surface area contributed by atoms with E-state index < -0.39 is 0 Å². The van der Waals surface area contributed by atoms with Crippen molar-refractivity contribution in [2.45, 2.75) is 137 Å². The lowest BCUT2D eigenvalue weighted by Gasteiger charge is -2.20. The summed E-state index contributed by atoms with van der Waals surface area (Å²) in [6, 6.07) is 5.13. The molecule has 31 heavy (non-hydrogen) atoms. The number of rotatable bonds is 13. The maximum Gasteiger partial charge on any atom is 0.0477 e. The molecule has 0 N–H and O–H groups in total. The van der Waals surface area contributed by atoms with Gasteiger partial charge in [-0.15, -0.1) is 22.7 Å². The van der Waals surface area contributed by atoms with Crippen molar-refractivity contribution in [3.63, 3.8) is 0 Å². The molecule has 0 spiro atoms. The summed E-state index contributed by atoms with van der Waals surface area (Å²) >= 11 is 4.17. The van der Waals surface area contributed by atoms with Crippen molar-refractivity contribution < 1.29 is 0 Å². The molecule has 2 aromatic rings. The zero-order chi connectivity index (χ0) is 23.1. The summed E-state index contributed by atoms with van der Waals surface area (Å²) in [4.78, 5) is 6.29. The molecule has 2 aromatic heterocycles. The maximum atomic E-state index is 2.57. The first-order valence-corrected chi connectivity index (χ1v) is 14.5. The molecule has 0 nitrogen and oxygen atoms in total. The predicted molar refractivity (Wildman–Crippen MR) is 145 cm³/mol. The molecule has 2 heterocycles. The number of hydrogen-bond donors (Lipinski definition) is 0. The third kappa shape index (κ3) is 7.46. The summed E-state index contributed by atoms with van der Waals surface area (Å²) < 4.78 is 0. The molecule has 0 amide bonds. The highest BCUT2D eigenvalue weighted by atomic mass is 32.1. The standard InChI is InChI=1S/C29H48S2/c1-9-12-14-16-18-22-21-25(29(7,8)11-3)31-26(22)24-20-23(19-17-15-13-10-2)27(30-24)28(4,5)6/h20-21H,9-19H2,1-8H3. The summed E-state index contributed by atoms with van der Waals surface area (Å²) in [7, 11) is 0. The molecular weight excluding hydrogens is 412 g/mol. The molecule has 0 aliphatic carbocycles. The van der Waals surface area contributed by atoms with Crippen molar-refractivity contribution in [1.82, 2.24) is 0 Å². The highest BCUT2D eigenvalue weighted by Gasteiger charge is 2.26. The van der Waals surface area contributed by atoms with Crippen LogP contribution in [0.15, 0.2) is 12.1 Å². The Kier molecular flexibility index (Phi) is 10.3. The fourth-order valence-corrected chi connectivity index (χ4v) is 6.96. The Hall–Kier alpha value is -0.600. The van der Waals surface area contributed by atoms with Crippen molar-refractivity contribution in [1.29, 1.82) is 0 Å². The van der Waals surface area contributed by atoms with Crippen molar-refractivity contribution in [3.8, 4) is 9.75 Å².